The van der Waals surface area contributed by atoms with Crippen LogP contribution in [0.4, 0.5) is 0 Å². The van der Waals surface area contributed by atoms with Gasteiger partial charge in [0.25, 0.3) is 0 Å². The Morgan fingerprint density at radius 3 is 2.45 bits per heavy atom. The minimum absolute atomic E-state index is 0.0461. The second-order valence-electron chi connectivity index (χ2n) is 10.3. The maximum Gasteiger partial charge on any atom is 0.247 e. The molecule has 0 bridgehead atoms. The van der Waals surface area contributed by atoms with Gasteiger partial charge in [-0.2, -0.15) is 0 Å². The Balaban J connectivity index is 2.29. The van der Waals surface area contributed by atoms with Crippen LogP contribution in [0.25, 0.3) is 6.08 Å². The van der Waals surface area contributed by atoms with Gasteiger partial charge in [-0.3, -0.25) is 15.0 Å². The molecule has 1 unspecified atom stereocenters. The molecule has 4 atom stereocenters. The van der Waals surface area contributed by atoms with Crippen molar-refractivity contribution in [3.05, 3.63) is 42.0 Å². The molecule has 3 N–H and O–H groups in total. The molecule has 2 amide bonds. The Morgan fingerprint density at radius 1 is 1.16 bits per heavy atom. The molecule has 0 saturated carbocycles. The summed E-state index contributed by atoms with van der Waals surface area (Å²) in [7, 11) is -3.82. The third-order valence-corrected chi connectivity index (χ3v) is 7.28. The van der Waals surface area contributed by atoms with Gasteiger partial charge in [0.2, 0.25) is 21.8 Å². The van der Waals surface area contributed by atoms with Gasteiger partial charge in [0.05, 0.1) is 18.1 Å². The summed E-state index contributed by atoms with van der Waals surface area (Å²) in [4.78, 5) is 32.4. The molecule has 38 heavy (non-hydrogen) atoms. The normalized spacial score (nSPS) is 18.9. The van der Waals surface area contributed by atoms with Crippen LogP contribution in [0.15, 0.2) is 36.4 Å². The lowest BCUT2D eigenvalue weighted by molar-refractivity contribution is -0.203. The molecule has 1 aliphatic rings. The van der Waals surface area contributed by atoms with Crippen LogP contribution in [0.5, 0.6) is 0 Å². The number of allylic oxidation sites excluding steroid dienone is 1. The third kappa shape index (κ3) is 11.2. The monoisotopic (exact) mass is 553 g/mol. The lowest BCUT2D eigenvalue weighted by Crippen LogP contribution is -2.52. The summed E-state index contributed by atoms with van der Waals surface area (Å²) in [6.07, 6.45) is 7.23. The molecule has 1 saturated heterocycles. The summed E-state index contributed by atoms with van der Waals surface area (Å²) in [6.45, 7) is 5.75. The Labute approximate surface area is 226 Å². The minimum Gasteiger partial charge on any atom is -0.396 e. The van der Waals surface area contributed by atoms with Gasteiger partial charge in [-0.1, -0.05) is 63.3 Å². The average molecular weight is 554 g/mol. The summed E-state index contributed by atoms with van der Waals surface area (Å²) in [6, 6.07) is 9.58. The number of carbonyl (C=O) groups is 2. The zero-order valence-electron chi connectivity index (χ0n) is 22.8. The number of benzene rings is 1. The SMILES string of the molecule is CC(C)C[C@@H](C(=O)NN(C[C@H](C)CO)S(C)(=O)=O)[C@H](CC=Cc1ccccc1)C(=O)NOC1CCCCO1. The lowest BCUT2D eigenvalue weighted by Gasteiger charge is -2.30. The number of amides is 2. The highest BCUT2D eigenvalue weighted by atomic mass is 32.2. The molecule has 1 fully saturated rings. The second kappa shape index (κ2) is 15.9. The van der Waals surface area contributed by atoms with E-state index in [0.717, 1.165) is 29.1 Å². The molecule has 0 aliphatic carbocycles. The van der Waals surface area contributed by atoms with E-state index in [1.807, 2.05) is 56.3 Å². The van der Waals surface area contributed by atoms with Crippen molar-refractivity contribution >= 4 is 27.9 Å². The van der Waals surface area contributed by atoms with E-state index in [4.69, 9.17) is 9.57 Å². The number of hydrogen-bond acceptors (Lipinski definition) is 7. The first-order valence-electron chi connectivity index (χ1n) is 13.2. The quantitative estimate of drug-likeness (QED) is 0.284. The molecule has 0 radical (unpaired) electrons. The standard InChI is InChI=1S/C27H43N3O7S/c1-20(2)17-24(26(32)28-30(38(4,34)35)18-21(3)19-31)23(14-10-13-22-11-6-5-7-12-22)27(33)29-37-25-15-8-9-16-36-25/h5-7,10-13,20-21,23-25,31H,8-9,14-19H2,1-4H3,(H,28,32)(H,29,33)/t21-,23-,24+,25?/m0/s1. The van der Waals surface area contributed by atoms with E-state index in [2.05, 4.69) is 10.9 Å². The predicted molar refractivity (Wildman–Crippen MR) is 145 cm³/mol. The summed E-state index contributed by atoms with van der Waals surface area (Å²) >= 11 is 0. The number of hydrazine groups is 1. The van der Waals surface area contributed by atoms with Crippen LogP contribution in [0.1, 0.15) is 58.4 Å². The van der Waals surface area contributed by atoms with E-state index in [1.54, 1.807) is 6.92 Å². The van der Waals surface area contributed by atoms with E-state index in [0.29, 0.717) is 19.4 Å². The average Bonchev–Trinajstić information content (AvgIpc) is 2.88. The third-order valence-electron chi connectivity index (χ3n) is 6.24. The fourth-order valence-corrected chi connectivity index (χ4v) is 4.93. The minimum atomic E-state index is -3.82. The van der Waals surface area contributed by atoms with Gasteiger partial charge in [-0.05, 0) is 43.1 Å². The molecule has 214 valence electrons. The molecule has 0 aromatic heterocycles. The van der Waals surface area contributed by atoms with Crippen LogP contribution in [0, 0.1) is 23.7 Å². The molecule has 1 heterocycles. The van der Waals surface area contributed by atoms with Crippen LogP contribution in [-0.4, -0.2) is 62.1 Å². The van der Waals surface area contributed by atoms with Crippen molar-refractivity contribution in [3.63, 3.8) is 0 Å². The lowest BCUT2D eigenvalue weighted by atomic mass is 9.82. The number of rotatable bonds is 15. The molecular formula is C27H43N3O7S. The second-order valence-corrected chi connectivity index (χ2v) is 12.2. The summed E-state index contributed by atoms with van der Waals surface area (Å²) < 4.78 is 31.1. The van der Waals surface area contributed by atoms with Crippen LogP contribution in [0.2, 0.25) is 0 Å². The number of hydroxylamine groups is 1. The zero-order chi connectivity index (χ0) is 28.1. The fourth-order valence-electron chi connectivity index (χ4n) is 4.14. The highest BCUT2D eigenvalue weighted by Gasteiger charge is 2.36. The van der Waals surface area contributed by atoms with Gasteiger partial charge in [0.1, 0.15) is 0 Å². The Morgan fingerprint density at radius 2 is 1.87 bits per heavy atom. The van der Waals surface area contributed by atoms with Crippen molar-refractivity contribution in [1.29, 1.82) is 0 Å². The number of hydrogen-bond donors (Lipinski definition) is 3. The first kappa shape index (κ1) is 31.9. The highest BCUT2D eigenvalue weighted by molar-refractivity contribution is 7.88. The Kier molecular flexibility index (Phi) is 13.4. The van der Waals surface area contributed by atoms with Gasteiger partial charge in [-0.15, -0.1) is 4.41 Å². The van der Waals surface area contributed by atoms with Crippen LogP contribution in [-0.2, 0) is 29.2 Å². The molecular weight excluding hydrogens is 510 g/mol. The van der Waals surface area contributed by atoms with Crippen LogP contribution >= 0.6 is 0 Å². The van der Waals surface area contributed by atoms with Crippen molar-refractivity contribution in [2.75, 3.05) is 26.0 Å². The summed E-state index contributed by atoms with van der Waals surface area (Å²) in [5, 5.41) is 9.41. The molecule has 1 aromatic rings. The largest absolute Gasteiger partial charge is 0.396 e. The molecule has 1 aromatic carbocycles. The highest BCUT2D eigenvalue weighted by Crippen LogP contribution is 2.26. The number of nitrogens with zero attached hydrogens (tertiary/aromatic N) is 1. The van der Waals surface area contributed by atoms with Crippen molar-refractivity contribution in [1.82, 2.24) is 15.3 Å². The number of sulfonamides is 1. The van der Waals surface area contributed by atoms with E-state index < -0.39 is 45.9 Å². The summed E-state index contributed by atoms with van der Waals surface area (Å²) in [5.41, 5.74) is 5.94. The van der Waals surface area contributed by atoms with E-state index >= 15 is 0 Å². The topological polar surface area (TPSA) is 134 Å². The van der Waals surface area contributed by atoms with Crippen LogP contribution in [0.3, 0.4) is 0 Å². The van der Waals surface area contributed by atoms with Gasteiger partial charge >= 0.3 is 0 Å². The number of aliphatic hydroxyl groups excluding tert-OH is 1. The van der Waals surface area contributed by atoms with Crippen molar-refractivity contribution < 1.29 is 32.7 Å². The molecule has 11 heteroatoms. The Hall–Kier alpha value is -2.31. The number of carbonyl (C=O) groups excluding carboxylic acids is 2. The Bertz CT molecular complexity index is 995. The number of nitrogens with one attached hydrogen (secondary N) is 2. The zero-order valence-corrected chi connectivity index (χ0v) is 23.7. The van der Waals surface area contributed by atoms with Crippen molar-refractivity contribution in [2.45, 2.75) is 59.2 Å². The molecule has 1 aliphatic heterocycles. The smallest absolute Gasteiger partial charge is 0.247 e. The van der Waals surface area contributed by atoms with Crippen LogP contribution < -0.4 is 10.9 Å². The number of aliphatic hydroxyl groups is 1. The van der Waals surface area contributed by atoms with Gasteiger partial charge in [0, 0.05) is 26.2 Å². The molecule has 0 spiro atoms. The first-order valence-corrected chi connectivity index (χ1v) is 15.0. The first-order chi connectivity index (χ1) is 18.0. The summed E-state index contributed by atoms with van der Waals surface area (Å²) in [5.74, 6) is -3.10. The molecule has 10 nitrogen and oxygen atoms in total. The van der Waals surface area contributed by atoms with E-state index in [9.17, 15) is 23.1 Å². The van der Waals surface area contributed by atoms with Gasteiger partial charge in [-0.25, -0.2) is 18.7 Å². The molecule has 2 rings (SSSR count). The van der Waals surface area contributed by atoms with E-state index in [-0.39, 0.29) is 25.5 Å². The predicted octanol–water partition coefficient (Wildman–Crippen LogP) is 2.86. The number of ether oxygens (including phenoxy) is 1. The maximum atomic E-state index is 13.5. The van der Waals surface area contributed by atoms with Crippen molar-refractivity contribution in [3.8, 4) is 0 Å². The van der Waals surface area contributed by atoms with Crippen molar-refractivity contribution in [2.24, 2.45) is 23.7 Å². The van der Waals surface area contributed by atoms with E-state index in [1.165, 1.54) is 0 Å². The van der Waals surface area contributed by atoms with Gasteiger partial charge < -0.3 is 9.84 Å². The fraction of sp³-hybridized carbons (Fsp3) is 0.630. The van der Waals surface area contributed by atoms with Gasteiger partial charge in [0.15, 0.2) is 6.29 Å². The maximum absolute atomic E-state index is 13.5.